The van der Waals surface area contributed by atoms with Crippen LogP contribution >= 0.6 is 0 Å². The van der Waals surface area contributed by atoms with Gasteiger partial charge in [0.15, 0.2) is 0 Å². The fourth-order valence-corrected chi connectivity index (χ4v) is 4.42. The average molecular weight is 481 g/mol. The first-order valence-electron chi connectivity index (χ1n) is 12.0. The molecule has 4 aromatic rings. The number of benzene rings is 3. The molecule has 0 aliphatic carbocycles. The summed E-state index contributed by atoms with van der Waals surface area (Å²) in [6, 6.07) is 25.1. The van der Waals surface area contributed by atoms with E-state index in [1.165, 1.54) is 5.56 Å². The molecule has 1 N–H and O–H groups in total. The van der Waals surface area contributed by atoms with Crippen molar-refractivity contribution in [3.8, 4) is 17.1 Å². The van der Waals surface area contributed by atoms with E-state index in [1.807, 2.05) is 61.5 Å². The van der Waals surface area contributed by atoms with Crippen LogP contribution in [0.4, 0.5) is 4.79 Å². The van der Waals surface area contributed by atoms with Crippen LogP contribution in [-0.4, -0.2) is 28.2 Å². The zero-order valence-corrected chi connectivity index (χ0v) is 20.6. The second-order valence-corrected chi connectivity index (χ2v) is 8.70. The molecular weight excluding hydrogens is 452 g/mol. The Kier molecular flexibility index (Phi) is 6.54. The molecule has 0 radical (unpaired) electrons. The number of amides is 2. The third kappa shape index (κ3) is 4.60. The number of rotatable bonds is 7. The van der Waals surface area contributed by atoms with Gasteiger partial charge in [-0.25, -0.2) is 4.79 Å². The lowest BCUT2D eigenvalue weighted by atomic mass is 9.94. The Labute approximate surface area is 210 Å². The second kappa shape index (κ2) is 10.1. The van der Waals surface area contributed by atoms with Crippen molar-refractivity contribution in [3.63, 3.8) is 0 Å². The van der Waals surface area contributed by atoms with Gasteiger partial charge in [0.25, 0.3) is 5.89 Å². The molecule has 1 aliphatic heterocycles. The molecule has 0 bridgehead atoms. The van der Waals surface area contributed by atoms with Crippen molar-refractivity contribution in [2.45, 2.75) is 32.9 Å². The molecule has 2 amide bonds. The number of methoxy groups -OCH3 is 1. The van der Waals surface area contributed by atoms with E-state index in [0.717, 1.165) is 34.4 Å². The molecule has 2 heterocycles. The Morgan fingerprint density at radius 3 is 2.47 bits per heavy atom. The molecule has 36 heavy (non-hydrogen) atoms. The summed E-state index contributed by atoms with van der Waals surface area (Å²) in [6.07, 6.45) is 0.971. The summed E-state index contributed by atoms with van der Waals surface area (Å²) >= 11 is 0. The van der Waals surface area contributed by atoms with Crippen LogP contribution in [-0.2, 0) is 13.0 Å². The monoisotopic (exact) mass is 480 g/mol. The van der Waals surface area contributed by atoms with E-state index in [0.29, 0.717) is 24.0 Å². The van der Waals surface area contributed by atoms with Gasteiger partial charge in [-0.05, 0) is 42.2 Å². The van der Waals surface area contributed by atoms with Crippen LogP contribution in [0, 0.1) is 0 Å². The number of hydrogen-bond donors (Lipinski definition) is 1. The predicted octanol–water partition coefficient (Wildman–Crippen LogP) is 6.01. The standard InChI is InChI=1S/C29H28N4O3/c1-4-20-13-15-21(16-14-20)18-33-19(2)25(26(30-29(33)34)22-9-6-5-7-10-22)28-31-27(32-36-28)23-11-8-12-24(17-23)35-3/h5-17,26H,4,18H2,1-3H3,(H,30,34). The first kappa shape index (κ1) is 23.4. The molecule has 0 spiro atoms. The van der Waals surface area contributed by atoms with Gasteiger partial charge in [0, 0.05) is 11.3 Å². The van der Waals surface area contributed by atoms with Gasteiger partial charge in [-0.15, -0.1) is 0 Å². The fraction of sp³-hybridized carbons (Fsp3) is 0.207. The van der Waals surface area contributed by atoms with E-state index in [9.17, 15) is 4.79 Å². The summed E-state index contributed by atoms with van der Waals surface area (Å²) in [4.78, 5) is 19.7. The van der Waals surface area contributed by atoms with Crippen LogP contribution < -0.4 is 10.1 Å². The number of urea groups is 1. The number of carbonyl (C=O) groups is 1. The molecule has 7 heteroatoms. The van der Waals surface area contributed by atoms with Gasteiger partial charge in [-0.1, -0.05) is 78.8 Å². The zero-order valence-electron chi connectivity index (χ0n) is 20.6. The van der Waals surface area contributed by atoms with Crippen molar-refractivity contribution >= 4 is 11.6 Å². The minimum atomic E-state index is -0.420. The summed E-state index contributed by atoms with van der Waals surface area (Å²) in [7, 11) is 1.62. The highest BCUT2D eigenvalue weighted by molar-refractivity contribution is 5.86. The van der Waals surface area contributed by atoms with Crippen LogP contribution in [0.2, 0.25) is 0 Å². The maximum absolute atomic E-state index is 13.3. The molecule has 1 aliphatic rings. The van der Waals surface area contributed by atoms with E-state index in [2.05, 4.69) is 41.7 Å². The van der Waals surface area contributed by atoms with Crippen molar-refractivity contribution in [1.29, 1.82) is 0 Å². The molecule has 182 valence electrons. The lowest BCUT2D eigenvalue weighted by molar-refractivity contribution is 0.203. The van der Waals surface area contributed by atoms with Gasteiger partial charge >= 0.3 is 6.03 Å². The van der Waals surface area contributed by atoms with E-state index in [-0.39, 0.29) is 6.03 Å². The number of nitrogens with zero attached hydrogens (tertiary/aromatic N) is 3. The van der Waals surface area contributed by atoms with Crippen molar-refractivity contribution in [2.24, 2.45) is 0 Å². The lowest BCUT2D eigenvalue weighted by Gasteiger charge is -2.35. The number of nitrogens with one attached hydrogen (secondary N) is 1. The molecular formula is C29H28N4O3. The van der Waals surface area contributed by atoms with E-state index < -0.39 is 6.04 Å². The smallest absolute Gasteiger partial charge is 0.322 e. The Hall–Kier alpha value is -4.39. The van der Waals surface area contributed by atoms with Gasteiger partial charge in [0.1, 0.15) is 5.75 Å². The van der Waals surface area contributed by atoms with Crippen LogP contribution in [0.25, 0.3) is 17.0 Å². The third-order valence-corrected chi connectivity index (χ3v) is 6.49. The lowest BCUT2D eigenvalue weighted by Crippen LogP contribution is -2.45. The molecule has 0 saturated carbocycles. The zero-order chi connectivity index (χ0) is 25.1. The third-order valence-electron chi connectivity index (χ3n) is 6.49. The SMILES string of the molecule is CCc1ccc(CN2C(=O)NC(c3ccccc3)C(c3nc(-c4cccc(OC)c4)no3)=C2C)cc1. The fourth-order valence-electron chi connectivity index (χ4n) is 4.42. The Morgan fingerprint density at radius 2 is 1.75 bits per heavy atom. The van der Waals surface area contributed by atoms with E-state index in [4.69, 9.17) is 14.2 Å². The van der Waals surface area contributed by atoms with Crippen LogP contribution in [0.1, 0.15) is 42.5 Å². The first-order valence-corrected chi connectivity index (χ1v) is 12.0. The number of aromatic nitrogens is 2. The summed E-state index contributed by atoms with van der Waals surface area (Å²) in [5.74, 6) is 1.53. The van der Waals surface area contributed by atoms with Crippen LogP contribution in [0.15, 0.2) is 89.1 Å². The maximum Gasteiger partial charge on any atom is 0.322 e. The molecule has 0 saturated heterocycles. The highest BCUT2D eigenvalue weighted by Crippen LogP contribution is 2.38. The van der Waals surface area contributed by atoms with Crippen LogP contribution in [0.3, 0.4) is 0 Å². The van der Waals surface area contributed by atoms with Gasteiger partial charge in [0.2, 0.25) is 5.82 Å². The molecule has 1 unspecified atom stereocenters. The summed E-state index contributed by atoms with van der Waals surface area (Å²) in [5.41, 5.74) is 5.57. The number of ether oxygens (including phenoxy) is 1. The van der Waals surface area contributed by atoms with Crippen molar-refractivity contribution in [1.82, 2.24) is 20.4 Å². The van der Waals surface area contributed by atoms with Crippen molar-refractivity contribution < 1.29 is 14.1 Å². The van der Waals surface area contributed by atoms with Gasteiger partial charge < -0.3 is 14.6 Å². The number of aryl methyl sites for hydroxylation is 1. The molecule has 5 rings (SSSR count). The normalized spacial score (nSPS) is 15.7. The number of hydrogen-bond acceptors (Lipinski definition) is 5. The Morgan fingerprint density at radius 1 is 1.00 bits per heavy atom. The number of carbonyl (C=O) groups excluding carboxylic acids is 1. The van der Waals surface area contributed by atoms with Gasteiger partial charge in [0.05, 0.1) is 25.3 Å². The highest BCUT2D eigenvalue weighted by atomic mass is 16.5. The molecule has 3 aromatic carbocycles. The predicted molar refractivity (Wildman–Crippen MR) is 138 cm³/mol. The Balaban J connectivity index is 1.56. The molecule has 1 atom stereocenters. The maximum atomic E-state index is 13.3. The van der Waals surface area contributed by atoms with E-state index >= 15 is 0 Å². The second-order valence-electron chi connectivity index (χ2n) is 8.70. The highest BCUT2D eigenvalue weighted by Gasteiger charge is 2.35. The van der Waals surface area contributed by atoms with Gasteiger partial charge in [-0.2, -0.15) is 4.98 Å². The quantitative estimate of drug-likeness (QED) is 0.351. The minimum Gasteiger partial charge on any atom is -0.497 e. The largest absolute Gasteiger partial charge is 0.497 e. The van der Waals surface area contributed by atoms with Gasteiger partial charge in [-0.3, -0.25) is 4.90 Å². The average Bonchev–Trinajstić information content (AvgIpc) is 3.41. The summed E-state index contributed by atoms with van der Waals surface area (Å²) in [5, 5.41) is 7.39. The first-order chi connectivity index (χ1) is 17.6. The molecule has 7 nitrogen and oxygen atoms in total. The van der Waals surface area contributed by atoms with Crippen LogP contribution in [0.5, 0.6) is 5.75 Å². The summed E-state index contributed by atoms with van der Waals surface area (Å²) < 4.78 is 11.1. The van der Waals surface area contributed by atoms with Crippen molar-refractivity contribution in [3.05, 3.63) is 107 Å². The molecule has 0 fully saturated rings. The minimum absolute atomic E-state index is 0.169. The summed E-state index contributed by atoms with van der Waals surface area (Å²) in [6.45, 7) is 4.49. The van der Waals surface area contributed by atoms with Crippen molar-refractivity contribution in [2.75, 3.05) is 7.11 Å². The Bertz CT molecular complexity index is 1390. The van der Waals surface area contributed by atoms with E-state index in [1.54, 1.807) is 12.0 Å². The number of allylic oxidation sites excluding steroid dienone is 1. The topological polar surface area (TPSA) is 80.5 Å². The molecule has 1 aromatic heterocycles.